The molecule has 0 saturated heterocycles. The fraction of sp³-hybridized carbons (Fsp3) is 0.441. The van der Waals surface area contributed by atoms with Crippen LogP contribution in [0.2, 0.25) is 0 Å². The van der Waals surface area contributed by atoms with Gasteiger partial charge in [0.2, 0.25) is 5.91 Å². The number of aryl methyl sites for hydroxylation is 2. The summed E-state index contributed by atoms with van der Waals surface area (Å²) in [5, 5.41) is 40.1. The first-order valence-electron chi connectivity index (χ1n) is 25.9. The third kappa shape index (κ3) is 24.1. The number of Topliss-reactive ketones (excluding diaryl/α,β-unsaturated/α-hetero) is 2. The van der Waals surface area contributed by atoms with Gasteiger partial charge in [0.15, 0.2) is 5.78 Å². The van der Waals surface area contributed by atoms with Crippen LogP contribution in [0, 0.1) is 17.3 Å². The second-order valence-electron chi connectivity index (χ2n) is 19.8. The summed E-state index contributed by atoms with van der Waals surface area (Å²) in [7, 11) is 0. The van der Waals surface area contributed by atoms with Crippen molar-refractivity contribution < 1.29 is 82.5 Å². The van der Waals surface area contributed by atoms with Crippen molar-refractivity contribution in [1.82, 2.24) is 5.32 Å². The number of aliphatic carboxylic acids is 2. The Morgan fingerprint density at radius 1 is 0.519 bits per heavy atom. The monoisotopic (exact) mass is 1070 g/mol. The van der Waals surface area contributed by atoms with Gasteiger partial charge in [-0.25, -0.2) is 0 Å². The van der Waals surface area contributed by atoms with Crippen LogP contribution in [0.1, 0.15) is 126 Å². The lowest BCUT2D eigenvalue weighted by atomic mass is 9.82. The van der Waals surface area contributed by atoms with Crippen molar-refractivity contribution >= 4 is 53.3 Å². The highest BCUT2D eigenvalue weighted by atomic mass is 16.6. The average molecular weight is 1070 g/mol. The van der Waals surface area contributed by atoms with Crippen LogP contribution in [-0.4, -0.2) is 93.0 Å². The zero-order valence-electron chi connectivity index (χ0n) is 44.0. The topological polar surface area (TPSA) is 283 Å². The number of ketones is 2. The number of esters is 4. The highest BCUT2D eigenvalue weighted by Gasteiger charge is 2.35. The summed E-state index contributed by atoms with van der Waals surface area (Å²) >= 11 is 0. The molecule has 0 spiro atoms. The van der Waals surface area contributed by atoms with Crippen LogP contribution < -0.4 is 14.8 Å². The number of phenolic OH excluding ortho intramolecular Hbond substituents is 2. The first-order chi connectivity index (χ1) is 36.6. The van der Waals surface area contributed by atoms with E-state index in [1.165, 1.54) is 24.3 Å². The molecular formula is C59H71NO17. The molecular weight excluding hydrogens is 995 g/mol. The van der Waals surface area contributed by atoms with Crippen molar-refractivity contribution in [2.45, 2.75) is 136 Å². The van der Waals surface area contributed by atoms with E-state index in [0.717, 1.165) is 11.1 Å². The zero-order valence-corrected chi connectivity index (χ0v) is 44.0. The van der Waals surface area contributed by atoms with Crippen molar-refractivity contribution in [3.8, 4) is 23.0 Å². The maximum atomic E-state index is 13.9. The van der Waals surface area contributed by atoms with Crippen LogP contribution in [0.3, 0.4) is 0 Å². The lowest BCUT2D eigenvalue weighted by molar-refractivity contribution is -0.158. The molecule has 1 unspecified atom stereocenters. The first-order valence-corrected chi connectivity index (χ1v) is 25.9. The molecule has 0 saturated carbocycles. The van der Waals surface area contributed by atoms with Crippen molar-refractivity contribution in [2.24, 2.45) is 17.3 Å². The predicted octanol–water partition coefficient (Wildman–Crippen LogP) is 8.41. The molecule has 0 bridgehead atoms. The summed E-state index contributed by atoms with van der Waals surface area (Å²) < 4.78 is 21.6. The smallest absolute Gasteiger partial charge is 0.311 e. The number of carboxylic acid groups (broad SMARTS) is 2. The Morgan fingerprint density at radius 2 is 0.961 bits per heavy atom. The van der Waals surface area contributed by atoms with Crippen LogP contribution in [0.5, 0.6) is 23.0 Å². The van der Waals surface area contributed by atoms with E-state index in [2.05, 4.69) is 5.32 Å². The van der Waals surface area contributed by atoms with Crippen molar-refractivity contribution in [1.29, 1.82) is 0 Å². The van der Waals surface area contributed by atoms with E-state index in [0.29, 0.717) is 67.6 Å². The molecule has 77 heavy (non-hydrogen) atoms. The molecule has 0 aliphatic heterocycles. The van der Waals surface area contributed by atoms with Crippen LogP contribution in [0.4, 0.5) is 0 Å². The number of phenols is 2. The highest BCUT2D eigenvalue weighted by molar-refractivity contribution is 5.91. The zero-order chi connectivity index (χ0) is 56.3. The number of carbonyl (C=O) groups is 9. The molecule has 18 heteroatoms. The van der Waals surface area contributed by atoms with Crippen LogP contribution in [0.15, 0.2) is 97.1 Å². The molecule has 4 aromatic carbocycles. The van der Waals surface area contributed by atoms with Gasteiger partial charge >= 0.3 is 35.8 Å². The third-order valence-corrected chi connectivity index (χ3v) is 12.6. The van der Waals surface area contributed by atoms with Gasteiger partial charge in [0.25, 0.3) is 0 Å². The number of nitrogens with one attached hydrogen (secondary N) is 1. The minimum absolute atomic E-state index is 0.0192. The normalized spacial score (nSPS) is 12.3. The summed E-state index contributed by atoms with van der Waals surface area (Å²) in [6.07, 6.45) is 3.36. The number of carboxylic acids is 2. The summed E-state index contributed by atoms with van der Waals surface area (Å²) in [6, 6.07) is 25.1. The molecule has 0 heterocycles. The van der Waals surface area contributed by atoms with Crippen LogP contribution >= 0.6 is 0 Å². The second-order valence-corrected chi connectivity index (χ2v) is 19.8. The van der Waals surface area contributed by atoms with Gasteiger partial charge in [0, 0.05) is 50.4 Å². The SMILES string of the molecule is CC(CC(C)(C)C(=O)N[C@@H](Cc1ccc(O)cc1)C(=O)CCCc1ccc(OC(=O)CCCCC(=O)O)cc1)C(=O)OCCOC(=O)[C@@H](CC(=O)CCc1ccc(OC(=O)CCCCC(=O)O)cc1)Cc1ccc(O)cc1. The first kappa shape index (κ1) is 61.7. The summed E-state index contributed by atoms with van der Waals surface area (Å²) in [5.74, 6) is -5.97. The molecule has 0 fully saturated rings. The van der Waals surface area contributed by atoms with E-state index in [4.69, 9.17) is 29.2 Å². The lowest BCUT2D eigenvalue weighted by Gasteiger charge is -2.29. The molecule has 0 aromatic heterocycles. The Kier molecular flexibility index (Phi) is 25.5. The van der Waals surface area contributed by atoms with Gasteiger partial charge in [0.1, 0.15) is 42.0 Å². The van der Waals surface area contributed by atoms with Gasteiger partial charge in [-0.2, -0.15) is 0 Å². The van der Waals surface area contributed by atoms with E-state index in [1.807, 2.05) is 0 Å². The largest absolute Gasteiger partial charge is 0.508 e. The maximum absolute atomic E-state index is 13.9. The number of aromatic hydroxyl groups is 2. The van der Waals surface area contributed by atoms with Gasteiger partial charge in [-0.05, 0) is 135 Å². The lowest BCUT2D eigenvalue weighted by Crippen LogP contribution is -2.48. The van der Waals surface area contributed by atoms with Gasteiger partial charge in [-0.1, -0.05) is 69.3 Å². The summed E-state index contributed by atoms with van der Waals surface area (Å²) in [5.41, 5.74) is 1.91. The number of unbranched alkanes of at least 4 members (excludes halogenated alkanes) is 2. The molecule has 4 aromatic rings. The van der Waals surface area contributed by atoms with Gasteiger partial charge < -0.3 is 44.7 Å². The maximum Gasteiger partial charge on any atom is 0.311 e. The van der Waals surface area contributed by atoms with Crippen LogP contribution in [0.25, 0.3) is 0 Å². The fourth-order valence-corrected chi connectivity index (χ4v) is 8.31. The van der Waals surface area contributed by atoms with E-state index in [-0.39, 0.29) is 100 Å². The molecule has 1 amide bonds. The number of amides is 1. The predicted molar refractivity (Wildman–Crippen MR) is 281 cm³/mol. The second kappa shape index (κ2) is 31.9. The summed E-state index contributed by atoms with van der Waals surface area (Å²) in [6.45, 7) is 4.30. The molecule has 3 atom stereocenters. The number of benzene rings is 4. The minimum Gasteiger partial charge on any atom is -0.508 e. The number of ether oxygens (including phenoxy) is 4. The molecule has 5 N–H and O–H groups in total. The molecule has 0 aliphatic carbocycles. The Morgan fingerprint density at radius 3 is 1.45 bits per heavy atom. The van der Waals surface area contributed by atoms with E-state index in [1.54, 1.807) is 93.6 Å². The Bertz CT molecular complexity index is 2590. The Hall–Kier alpha value is -7.89. The molecule has 0 radical (unpaired) electrons. The molecule has 414 valence electrons. The Balaban J connectivity index is 1.25. The molecule has 4 rings (SSSR count). The highest BCUT2D eigenvalue weighted by Crippen LogP contribution is 2.28. The number of hydrogen-bond acceptors (Lipinski definition) is 15. The van der Waals surface area contributed by atoms with E-state index >= 15 is 0 Å². The molecule has 0 aliphatic rings. The number of rotatable bonds is 35. The standard InChI is InChI=1S/C59H71NO17/c1-39(38-59(2,3)58(73)60-50(36-43-18-26-46(62)27-19-43)51(64)10-8-9-40-20-29-48(30-21-40)76-54(69)13-6-4-11-52(65)66)56(71)74-33-34-75-57(72)44(35-42-16-24-45(61)25-17-42)37-47(63)28-15-41-22-31-49(32-23-41)77-55(70)14-7-5-12-53(67)68/h16-27,29-32,39,44,50,61-62H,4-15,28,33-38H2,1-3H3,(H,60,73)(H,65,66)(H,67,68)/t39?,44-,50+/m1/s1. The minimum atomic E-state index is -1.15. The molecule has 18 nitrogen and oxygen atoms in total. The van der Waals surface area contributed by atoms with E-state index < -0.39 is 65.0 Å². The quantitative estimate of drug-likeness (QED) is 0.0164. The van der Waals surface area contributed by atoms with Crippen molar-refractivity contribution in [2.75, 3.05) is 13.2 Å². The fourth-order valence-electron chi connectivity index (χ4n) is 8.31. The van der Waals surface area contributed by atoms with Crippen molar-refractivity contribution in [3.05, 3.63) is 119 Å². The van der Waals surface area contributed by atoms with Gasteiger partial charge in [-0.15, -0.1) is 0 Å². The van der Waals surface area contributed by atoms with Crippen molar-refractivity contribution in [3.63, 3.8) is 0 Å². The van der Waals surface area contributed by atoms with E-state index in [9.17, 15) is 53.4 Å². The van der Waals surface area contributed by atoms with Crippen LogP contribution in [-0.2, 0) is 78.3 Å². The average Bonchev–Trinajstić information content (AvgIpc) is 3.38. The Labute approximate surface area is 448 Å². The number of carbonyl (C=O) groups excluding carboxylic acids is 7. The summed E-state index contributed by atoms with van der Waals surface area (Å²) in [4.78, 5) is 113. The van der Waals surface area contributed by atoms with Gasteiger partial charge in [-0.3, -0.25) is 43.2 Å². The third-order valence-electron chi connectivity index (χ3n) is 12.6. The van der Waals surface area contributed by atoms with Gasteiger partial charge in [0.05, 0.1) is 17.9 Å². The number of hydrogen-bond donors (Lipinski definition) is 5.